The summed E-state index contributed by atoms with van der Waals surface area (Å²) in [5.41, 5.74) is 0. The molecule has 1 atom stereocenters. The molecule has 1 unspecified atom stereocenters. The molecule has 0 aliphatic carbocycles. The Labute approximate surface area is 181 Å². The standard InChI is InChI=1S/C21H30N2O6S/c1-3-5-11-22(10-4-2)21(28)20(17-7-6-16-30-17)23(12-14-29-15-13-24)18(25)8-9-19(26)27/h4,6-9,16,20,24H,2-3,5,10-15H2,1H3,(H,26,27)/b9-8-. The molecule has 30 heavy (non-hydrogen) atoms. The van der Waals surface area contributed by atoms with E-state index >= 15 is 0 Å². The number of hydrogen-bond donors (Lipinski definition) is 2. The molecule has 0 radical (unpaired) electrons. The van der Waals surface area contributed by atoms with Gasteiger partial charge in [-0.1, -0.05) is 25.5 Å². The van der Waals surface area contributed by atoms with Gasteiger partial charge in [-0.05, 0) is 17.9 Å². The van der Waals surface area contributed by atoms with Crippen molar-refractivity contribution in [2.45, 2.75) is 25.8 Å². The van der Waals surface area contributed by atoms with E-state index in [-0.39, 0.29) is 32.3 Å². The van der Waals surface area contributed by atoms with E-state index in [1.807, 2.05) is 12.3 Å². The Morgan fingerprint density at radius 3 is 2.60 bits per heavy atom. The number of aliphatic hydroxyl groups excluding tert-OH is 1. The van der Waals surface area contributed by atoms with Gasteiger partial charge < -0.3 is 24.7 Å². The fourth-order valence-corrected chi connectivity index (χ4v) is 3.59. The van der Waals surface area contributed by atoms with Crippen molar-refractivity contribution in [1.82, 2.24) is 9.80 Å². The number of ether oxygens (including phenoxy) is 1. The third-order valence-electron chi connectivity index (χ3n) is 4.16. The number of rotatable bonds is 15. The lowest BCUT2D eigenvalue weighted by atomic mass is 10.1. The molecule has 0 aromatic carbocycles. The van der Waals surface area contributed by atoms with Crippen molar-refractivity contribution >= 4 is 29.1 Å². The van der Waals surface area contributed by atoms with Crippen LogP contribution < -0.4 is 0 Å². The third kappa shape index (κ3) is 8.48. The van der Waals surface area contributed by atoms with E-state index < -0.39 is 17.9 Å². The van der Waals surface area contributed by atoms with Crippen LogP contribution in [-0.2, 0) is 19.1 Å². The average molecular weight is 439 g/mol. The van der Waals surface area contributed by atoms with Crippen molar-refractivity contribution in [1.29, 1.82) is 0 Å². The second-order valence-corrected chi connectivity index (χ2v) is 7.36. The summed E-state index contributed by atoms with van der Waals surface area (Å²) in [5, 5.41) is 19.6. The van der Waals surface area contributed by atoms with Crippen LogP contribution in [0, 0.1) is 0 Å². The third-order valence-corrected chi connectivity index (χ3v) is 5.09. The molecule has 1 heterocycles. The van der Waals surface area contributed by atoms with Gasteiger partial charge in [0.15, 0.2) is 0 Å². The van der Waals surface area contributed by atoms with Crippen LogP contribution in [0.3, 0.4) is 0 Å². The Kier molecular flexibility index (Phi) is 12.3. The summed E-state index contributed by atoms with van der Waals surface area (Å²) in [7, 11) is 0. The van der Waals surface area contributed by atoms with Crippen LogP contribution in [0.15, 0.2) is 42.3 Å². The molecule has 2 N–H and O–H groups in total. The van der Waals surface area contributed by atoms with Crippen LogP contribution in [0.25, 0.3) is 0 Å². The largest absolute Gasteiger partial charge is 0.478 e. The molecule has 1 rings (SSSR count). The molecular weight excluding hydrogens is 408 g/mol. The van der Waals surface area contributed by atoms with Gasteiger partial charge in [0, 0.05) is 36.7 Å². The number of aliphatic hydroxyl groups is 1. The molecule has 0 saturated heterocycles. The number of carbonyl (C=O) groups is 3. The summed E-state index contributed by atoms with van der Waals surface area (Å²) in [6.07, 6.45) is 5.04. The fraction of sp³-hybridized carbons (Fsp3) is 0.476. The van der Waals surface area contributed by atoms with Gasteiger partial charge in [-0.2, -0.15) is 0 Å². The molecule has 0 fully saturated rings. The fourth-order valence-electron chi connectivity index (χ4n) is 2.76. The van der Waals surface area contributed by atoms with Crippen molar-refractivity contribution in [2.75, 3.05) is 39.5 Å². The van der Waals surface area contributed by atoms with Crippen molar-refractivity contribution in [3.63, 3.8) is 0 Å². The number of unbranched alkanes of at least 4 members (excludes halogenated alkanes) is 1. The number of amides is 2. The van der Waals surface area contributed by atoms with Gasteiger partial charge in [0.2, 0.25) is 5.91 Å². The van der Waals surface area contributed by atoms with Crippen LogP contribution in [0.2, 0.25) is 0 Å². The first kappa shape index (κ1) is 25.5. The minimum atomic E-state index is -1.25. The lowest BCUT2D eigenvalue weighted by Gasteiger charge is -2.33. The predicted molar refractivity (Wildman–Crippen MR) is 115 cm³/mol. The monoisotopic (exact) mass is 438 g/mol. The number of nitrogens with zero attached hydrogens (tertiary/aromatic N) is 2. The summed E-state index contributed by atoms with van der Waals surface area (Å²) in [6.45, 7) is 6.71. The number of carbonyl (C=O) groups excluding carboxylic acids is 2. The van der Waals surface area contributed by atoms with Gasteiger partial charge in [-0.15, -0.1) is 17.9 Å². The van der Waals surface area contributed by atoms with Crippen molar-refractivity contribution < 1.29 is 29.3 Å². The molecule has 0 saturated carbocycles. The SMILES string of the molecule is C=CCN(CCCC)C(=O)C(c1cccs1)N(CCOCCO)C(=O)/C=C\C(=O)O. The smallest absolute Gasteiger partial charge is 0.328 e. The van der Waals surface area contributed by atoms with Gasteiger partial charge in [0.05, 0.1) is 19.8 Å². The summed E-state index contributed by atoms with van der Waals surface area (Å²) < 4.78 is 5.29. The average Bonchev–Trinajstić information content (AvgIpc) is 3.25. The van der Waals surface area contributed by atoms with E-state index in [0.717, 1.165) is 25.0 Å². The van der Waals surface area contributed by atoms with E-state index in [4.69, 9.17) is 14.9 Å². The Hall–Kier alpha value is -2.49. The second kappa shape index (κ2) is 14.5. The van der Waals surface area contributed by atoms with E-state index in [9.17, 15) is 14.4 Å². The highest BCUT2D eigenvalue weighted by Crippen LogP contribution is 2.28. The van der Waals surface area contributed by atoms with E-state index in [1.54, 1.807) is 23.1 Å². The first-order chi connectivity index (χ1) is 14.5. The van der Waals surface area contributed by atoms with Crippen LogP contribution in [0.1, 0.15) is 30.7 Å². The van der Waals surface area contributed by atoms with Gasteiger partial charge in [-0.3, -0.25) is 9.59 Å². The maximum absolute atomic E-state index is 13.5. The number of thiophene rings is 1. The highest BCUT2D eigenvalue weighted by atomic mass is 32.1. The van der Waals surface area contributed by atoms with Crippen molar-refractivity contribution in [3.8, 4) is 0 Å². The number of carboxylic acids is 1. The van der Waals surface area contributed by atoms with Gasteiger partial charge in [0.25, 0.3) is 5.91 Å². The topological polar surface area (TPSA) is 107 Å². The summed E-state index contributed by atoms with van der Waals surface area (Å²) >= 11 is 1.34. The van der Waals surface area contributed by atoms with E-state index in [1.165, 1.54) is 16.2 Å². The van der Waals surface area contributed by atoms with E-state index in [0.29, 0.717) is 18.0 Å². The summed E-state index contributed by atoms with van der Waals surface area (Å²) in [5.74, 6) is -2.12. The normalized spacial score (nSPS) is 11.9. The summed E-state index contributed by atoms with van der Waals surface area (Å²) in [6, 6.07) is 2.65. The highest BCUT2D eigenvalue weighted by Gasteiger charge is 2.34. The lowest BCUT2D eigenvalue weighted by Crippen LogP contribution is -2.46. The maximum atomic E-state index is 13.5. The molecule has 0 aliphatic heterocycles. The second-order valence-electron chi connectivity index (χ2n) is 6.38. The first-order valence-corrected chi connectivity index (χ1v) is 10.7. The van der Waals surface area contributed by atoms with Crippen molar-refractivity contribution in [3.05, 3.63) is 47.2 Å². The number of carboxylic acid groups (broad SMARTS) is 1. The molecule has 0 bridgehead atoms. The molecule has 1 aromatic rings. The minimum Gasteiger partial charge on any atom is -0.478 e. The van der Waals surface area contributed by atoms with Crippen LogP contribution in [0.4, 0.5) is 0 Å². The zero-order valence-electron chi connectivity index (χ0n) is 17.2. The zero-order chi connectivity index (χ0) is 22.4. The number of aliphatic carboxylic acids is 1. The Morgan fingerprint density at radius 1 is 1.27 bits per heavy atom. The Balaban J connectivity index is 3.26. The maximum Gasteiger partial charge on any atom is 0.328 e. The molecule has 0 spiro atoms. The highest BCUT2D eigenvalue weighted by molar-refractivity contribution is 7.10. The molecule has 166 valence electrons. The molecule has 8 nitrogen and oxygen atoms in total. The van der Waals surface area contributed by atoms with Gasteiger partial charge >= 0.3 is 5.97 Å². The predicted octanol–water partition coefficient (Wildman–Crippen LogP) is 2.08. The molecule has 1 aromatic heterocycles. The molecular formula is C21H30N2O6S. The lowest BCUT2D eigenvalue weighted by molar-refractivity contribution is -0.144. The molecule has 0 aliphatic rings. The quantitative estimate of drug-likeness (QED) is 0.247. The van der Waals surface area contributed by atoms with Crippen LogP contribution in [-0.4, -0.2) is 77.3 Å². The number of hydrogen-bond acceptors (Lipinski definition) is 6. The first-order valence-electron chi connectivity index (χ1n) is 9.79. The van der Waals surface area contributed by atoms with Crippen molar-refractivity contribution in [2.24, 2.45) is 0 Å². The van der Waals surface area contributed by atoms with Gasteiger partial charge in [-0.25, -0.2) is 4.79 Å². The summed E-state index contributed by atoms with van der Waals surface area (Å²) in [4.78, 5) is 40.8. The Bertz CT molecular complexity index is 704. The molecule has 2 amide bonds. The van der Waals surface area contributed by atoms with Crippen LogP contribution >= 0.6 is 11.3 Å². The van der Waals surface area contributed by atoms with E-state index in [2.05, 4.69) is 6.58 Å². The Morgan fingerprint density at radius 2 is 2.03 bits per heavy atom. The minimum absolute atomic E-state index is 0.0623. The zero-order valence-corrected chi connectivity index (χ0v) is 18.1. The van der Waals surface area contributed by atoms with Crippen LogP contribution in [0.5, 0.6) is 0 Å². The van der Waals surface area contributed by atoms with Gasteiger partial charge in [0.1, 0.15) is 6.04 Å². The molecule has 9 heteroatoms.